The number of benzene rings is 1. The van der Waals surface area contributed by atoms with Crippen molar-refractivity contribution in [3.05, 3.63) is 36.0 Å². The van der Waals surface area contributed by atoms with Crippen LogP contribution in [0.5, 0.6) is 0 Å². The van der Waals surface area contributed by atoms with Crippen molar-refractivity contribution in [2.75, 3.05) is 0 Å². The van der Waals surface area contributed by atoms with Crippen molar-refractivity contribution in [2.24, 2.45) is 5.92 Å². The fraction of sp³-hybridized carbons (Fsp3) is 0.529. The Labute approximate surface area is 116 Å². The number of fused-ring (bicyclic) bond motifs is 1. The lowest BCUT2D eigenvalue weighted by Crippen LogP contribution is -2.35. The molecule has 104 valence electrons. The first kappa shape index (κ1) is 14.1. The van der Waals surface area contributed by atoms with Gasteiger partial charge in [-0.1, -0.05) is 32.0 Å². The van der Waals surface area contributed by atoms with Crippen LogP contribution in [-0.2, 0) is 13.1 Å². The Morgan fingerprint density at radius 1 is 1.16 bits per heavy atom. The number of hydrogen-bond donors (Lipinski definition) is 1. The van der Waals surface area contributed by atoms with E-state index in [2.05, 4.69) is 75.0 Å². The van der Waals surface area contributed by atoms with Crippen LogP contribution in [0.1, 0.15) is 40.2 Å². The summed E-state index contributed by atoms with van der Waals surface area (Å²) < 4.78 is 2.39. The molecular weight excluding hydrogens is 232 g/mol. The Morgan fingerprint density at radius 3 is 2.53 bits per heavy atom. The highest BCUT2D eigenvalue weighted by atomic mass is 15.0. The van der Waals surface area contributed by atoms with Crippen molar-refractivity contribution in [2.45, 2.75) is 53.2 Å². The summed E-state index contributed by atoms with van der Waals surface area (Å²) in [6.07, 6.45) is 2.21. The standard InChI is InChI=1S/C17H26N2/c1-13(2)12-19-10-9-14-7-6-8-15(16(14)19)11-18-17(3,4)5/h6-10,13,18H,11-12H2,1-5H3. The summed E-state index contributed by atoms with van der Waals surface area (Å²) in [5.74, 6) is 0.666. The molecule has 0 spiro atoms. The van der Waals surface area contributed by atoms with Crippen LogP contribution in [0.3, 0.4) is 0 Å². The lowest BCUT2D eigenvalue weighted by Gasteiger charge is -2.21. The Bertz CT molecular complexity index is 544. The van der Waals surface area contributed by atoms with Crippen molar-refractivity contribution in [3.63, 3.8) is 0 Å². The Balaban J connectivity index is 2.34. The van der Waals surface area contributed by atoms with Crippen LogP contribution in [-0.4, -0.2) is 10.1 Å². The molecule has 1 N–H and O–H groups in total. The lowest BCUT2D eigenvalue weighted by molar-refractivity contribution is 0.424. The van der Waals surface area contributed by atoms with E-state index in [0.29, 0.717) is 5.92 Å². The molecule has 2 rings (SSSR count). The number of rotatable bonds is 4. The molecule has 0 aliphatic carbocycles. The SMILES string of the molecule is CC(C)Cn1ccc2cccc(CNC(C)(C)C)c21. The van der Waals surface area contributed by atoms with Gasteiger partial charge in [-0.25, -0.2) is 0 Å². The summed E-state index contributed by atoms with van der Waals surface area (Å²) in [7, 11) is 0. The third kappa shape index (κ3) is 3.60. The zero-order valence-electron chi connectivity index (χ0n) is 12.8. The average Bonchev–Trinajstić information content (AvgIpc) is 2.69. The average molecular weight is 258 g/mol. The van der Waals surface area contributed by atoms with Gasteiger partial charge in [0.25, 0.3) is 0 Å². The zero-order valence-corrected chi connectivity index (χ0v) is 12.8. The molecule has 0 bridgehead atoms. The minimum absolute atomic E-state index is 0.150. The predicted molar refractivity (Wildman–Crippen MR) is 83.4 cm³/mol. The maximum Gasteiger partial charge on any atom is 0.0525 e. The van der Waals surface area contributed by atoms with E-state index in [1.807, 2.05) is 0 Å². The fourth-order valence-electron chi connectivity index (χ4n) is 2.39. The van der Waals surface area contributed by atoms with Gasteiger partial charge in [-0.15, -0.1) is 0 Å². The molecule has 0 atom stereocenters. The summed E-state index contributed by atoms with van der Waals surface area (Å²) in [5.41, 5.74) is 2.92. The molecule has 0 radical (unpaired) electrons. The maximum absolute atomic E-state index is 3.59. The number of hydrogen-bond acceptors (Lipinski definition) is 1. The lowest BCUT2D eigenvalue weighted by atomic mass is 10.1. The smallest absolute Gasteiger partial charge is 0.0525 e. The molecule has 0 aliphatic rings. The van der Waals surface area contributed by atoms with E-state index in [0.717, 1.165) is 13.1 Å². The van der Waals surface area contributed by atoms with Gasteiger partial charge in [0.15, 0.2) is 0 Å². The summed E-state index contributed by atoms with van der Waals surface area (Å²) >= 11 is 0. The molecule has 0 saturated carbocycles. The molecule has 2 nitrogen and oxygen atoms in total. The third-order valence-corrected chi connectivity index (χ3v) is 3.24. The first-order chi connectivity index (χ1) is 8.87. The van der Waals surface area contributed by atoms with Crippen molar-refractivity contribution < 1.29 is 0 Å². The van der Waals surface area contributed by atoms with Crippen LogP contribution in [0.2, 0.25) is 0 Å². The quantitative estimate of drug-likeness (QED) is 0.870. The molecule has 1 heterocycles. The van der Waals surface area contributed by atoms with Gasteiger partial charge in [0.05, 0.1) is 5.52 Å². The van der Waals surface area contributed by atoms with Gasteiger partial charge >= 0.3 is 0 Å². The van der Waals surface area contributed by atoms with Crippen LogP contribution in [0, 0.1) is 5.92 Å². The Hall–Kier alpha value is -1.28. The molecule has 0 fully saturated rings. The minimum Gasteiger partial charge on any atom is -0.347 e. The molecule has 0 saturated heterocycles. The summed E-state index contributed by atoms with van der Waals surface area (Å²) in [5, 5.41) is 4.93. The van der Waals surface area contributed by atoms with Crippen LogP contribution < -0.4 is 5.32 Å². The van der Waals surface area contributed by atoms with E-state index >= 15 is 0 Å². The van der Waals surface area contributed by atoms with E-state index in [9.17, 15) is 0 Å². The van der Waals surface area contributed by atoms with Gasteiger partial charge < -0.3 is 9.88 Å². The van der Waals surface area contributed by atoms with Crippen molar-refractivity contribution in [3.8, 4) is 0 Å². The van der Waals surface area contributed by atoms with Gasteiger partial charge in [0.1, 0.15) is 0 Å². The van der Waals surface area contributed by atoms with Gasteiger partial charge in [0.2, 0.25) is 0 Å². The summed E-state index contributed by atoms with van der Waals surface area (Å²) in [6.45, 7) is 13.2. The first-order valence-corrected chi connectivity index (χ1v) is 7.18. The van der Waals surface area contributed by atoms with Crippen LogP contribution in [0.15, 0.2) is 30.5 Å². The molecule has 1 aromatic carbocycles. The minimum atomic E-state index is 0.150. The molecule has 1 aromatic heterocycles. The van der Waals surface area contributed by atoms with Gasteiger partial charge in [-0.2, -0.15) is 0 Å². The van der Waals surface area contributed by atoms with Crippen LogP contribution >= 0.6 is 0 Å². The molecule has 2 aromatic rings. The molecule has 19 heavy (non-hydrogen) atoms. The molecule has 0 unspecified atom stereocenters. The molecular formula is C17H26N2. The van der Waals surface area contributed by atoms with E-state index < -0.39 is 0 Å². The first-order valence-electron chi connectivity index (χ1n) is 7.18. The normalized spacial score (nSPS) is 12.5. The topological polar surface area (TPSA) is 17.0 Å². The molecule has 2 heteroatoms. The number of nitrogens with zero attached hydrogens (tertiary/aromatic N) is 1. The van der Waals surface area contributed by atoms with Crippen molar-refractivity contribution in [1.29, 1.82) is 0 Å². The zero-order chi connectivity index (χ0) is 14.0. The summed E-state index contributed by atoms with van der Waals surface area (Å²) in [6, 6.07) is 8.81. The van der Waals surface area contributed by atoms with Gasteiger partial charge in [-0.05, 0) is 43.7 Å². The Morgan fingerprint density at radius 2 is 1.89 bits per heavy atom. The van der Waals surface area contributed by atoms with E-state index in [1.54, 1.807) is 0 Å². The van der Waals surface area contributed by atoms with E-state index in [1.165, 1.54) is 16.5 Å². The van der Waals surface area contributed by atoms with Crippen molar-refractivity contribution in [1.82, 2.24) is 9.88 Å². The highest BCUT2D eigenvalue weighted by molar-refractivity contribution is 5.83. The number of nitrogens with one attached hydrogen (secondary N) is 1. The molecule has 0 amide bonds. The second-order valence-electron chi connectivity index (χ2n) is 6.82. The second kappa shape index (κ2) is 5.38. The Kier molecular flexibility index (Phi) is 4.00. The number of para-hydroxylation sites is 1. The van der Waals surface area contributed by atoms with E-state index in [4.69, 9.17) is 0 Å². The fourth-order valence-corrected chi connectivity index (χ4v) is 2.39. The van der Waals surface area contributed by atoms with Crippen LogP contribution in [0.4, 0.5) is 0 Å². The van der Waals surface area contributed by atoms with Gasteiger partial charge in [0, 0.05) is 24.8 Å². The highest BCUT2D eigenvalue weighted by Gasteiger charge is 2.12. The predicted octanol–water partition coefficient (Wildman–Crippen LogP) is 4.19. The van der Waals surface area contributed by atoms with Crippen molar-refractivity contribution >= 4 is 10.9 Å². The highest BCUT2D eigenvalue weighted by Crippen LogP contribution is 2.22. The van der Waals surface area contributed by atoms with Gasteiger partial charge in [-0.3, -0.25) is 0 Å². The monoisotopic (exact) mass is 258 g/mol. The largest absolute Gasteiger partial charge is 0.347 e. The van der Waals surface area contributed by atoms with E-state index in [-0.39, 0.29) is 5.54 Å². The summed E-state index contributed by atoms with van der Waals surface area (Å²) in [4.78, 5) is 0. The maximum atomic E-state index is 3.59. The number of aromatic nitrogens is 1. The second-order valence-corrected chi connectivity index (χ2v) is 6.82. The third-order valence-electron chi connectivity index (χ3n) is 3.24. The van der Waals surface area contributed by atoms with Crippen LogP contribution in [0.25, 0.3) is 10.9 Å². The molecule has 0 aliphatic heterocycles.